The third-order valence-electron chi connectivity index (χ3n) is 2.46. The van der Waals surface area contributed by atoms with Crippen molar-refractivity contribution in [3.05, 3.63) is 59.1 Å². The second-order valence-corrected chi connectivity index (χ2v) is 5.17. The molecule has 0 aliphatic heterocycles. The summed E-state index contributed by atoms with van der Waals surface area (Å²) in [5, 5.41) is 3.90. The van der Waals surface area contributed by atoms with Crippen LogP contribution in [0.1, 0.15) is 5.56 Å². The van der Waals surface area contributed by atoms with E-state index in [1.165, 1.54) is 10.5 Å². The van der Waals surface area contributed by atoms with Crippen LogP contribution in [0.4, 0.5) is 5.69 Å². The molecule has 0 aliphatic carbocycles. The summed E-state index contributed by atoms with van der Waals surface area (Å²) in [5.41, 5.74) is 2.47. The number of anilines is 1. The predicted molar refractivity (Wildman–Crippen MR) is 77.0 cm³/mol. The summed E-state index contributed by atoms with van der Waals surface area (Å²) in [6.07, 6.45) is 0. The fraction of sp³-hybridized carbons (Fsp3) is 0.143. The van der Waals surface area contributed by atoms with Crippen LogP contribution >= 0.6 is 23.4 Å². The SMILES string of the molecule is CNc1ccc(CSc2ccc(Cl)cc2)cc1. The van der Waals surface area contributed by atoms with Gasteiger partial charge in [0, 0.05) is 28.4 Å². The molecule has 88 valence electrons. The second kappa shape index (κ2) is 5.99. The molecule has 0 bridgehead atoms. The molecule has 2 aromatic carbocycles. The quantitative estimate of drug-likeness (QED) is 0.805. The summed E-state index contributed by atoms with van der Waals surface area (Å²) >= 11 is 7.66. The Bertz CT molecular complexity index is 465. The lowest BCUT2D eigenvalue weighted by molar-refractivity contribution is 1.37. The summed E-state index contributed by atoms with van der Waals surface area (Å²) in [4.78, 5) is 1.24. The molecule has 0 heterocycles. The first kappa shape index (κ1) is 12.3. The molecule has 1 N–H and O–H groups in total. The molecule has 0 aliphatic rings. The number of halogens is 1. The minimum absolute atomic E-state index is 0.785. The van der Waals surface area contributed by atoms with Crippen LogP contribution in [0.2, 0.25) is 5.02 Å². The van der Waals surface area contributed by atoms with Gasteiger partial charge in [-0.15, -0.1) is 11.8 Å². The number of hydrogen-bond acceptors (Lipinski definition) is 2. The van der Waals surface area contributed by atoms with E-state index in [0.717, 1.165) is 16.5 Å². The molecule has 0 saturated carbocycles. The second-order valence-electron chi connectivity index (χ2n) is 3.69. The van der Waals surface area contributed by atoms with E-state index in [9.17, 15) is 0 Å². The Morgan fingerprint density at radius 3 is 2.24 bits per heavy atom. The number of benzene rings is 2. The van der Waals surface area contributed by atoms with Crippen LogP contribution in [-0.4, -0.2) is 7.05 Å². The van der Waals surface area contributed by atoms with E-state index in [-0.39, 0.29) is 0 Å². The summed E-state index contributed by atoms with van der Waals surface area (Å²) in [5.74, 6) is 0.978. The predicted octanol–water partition coefficient (Wildman–Crippen LogP) is 4.67. The zero-order chi connectivity index (χ0) is 12.1. The number of thioether (sulfide) groups is 1. The Balaban J connectivity index is 1.95. The van der Waals surface area contributed by atoms with Crippen molar-refractivity contribution < 1.29 is 0 Å². The van der Waals surface area contributed by atoms with Gasteiger partial charge in [0.15, 0.2) is 0 Å². The molecule has 0 amide bonds. The fourth-order valence-corrected chi connectivity index (χ4v) is 2.45. The van der Waals surface area contributed by atoms with Crippen molar-refractivity contribution in [1.29, 1.82) is 0 Å². The fourth-order valence-electron chi connectivity index (χ4n) is 1.47. The highest BCUT2D eigenvalue weighted by Gasteiger charge is 1.97. The molecular formula is C14H14ClNS. The standard InChI is InChI=1S/C14H14ClNS/c1-16-13-6-2-11(3-7-13)10-17-14-8-4-12(15)5-9-14/h2-9,16H,10H2,1H3. The van der Waals surface area contributed by atoms with E-state index in [4.69, 9.17) is 11.6 Å². The monoisotopic (exact) mass is 263 g/mol. The third-order valence-corrected chi connectivity index (χ3v) is 3.80. The van der Waals surface area contributed by atoms with Gasteiger partial charge in [0.1, 0.15) is 0 Å². The van der Waals surface area contributed by atoms with Gasteiger partial charge >= 0.3 is 0 Å². The van der Waals surface area contributed by atoms with Crippen LogP contribution in [0.5, 0.6) is 0 Å². The average molecular weight is 264 g/mol. The highest BCUT2D eigenvalue weighted by Crippen LogP contribution is 2.24. The van der Waals surface area contributed by atoms with Crippen molar-refractivity contribution in [3.8, 4) is 0 Å². The van der Waals surface area contributed by atoms with Gasteiger partial charge in [-0.25, -0.2) is 0 Å². The van der Waals surface area contributed by atoms with Crippen molar-refractivity contribution in [2.45, 2.75) is 10.6 Å². The summed E-state index contributed by atoms with van der Waals surface area (Å²) in [7, 11) is 1.93. The highest BCUT2D eigenvalue weighted by atomic mass is 35.5. The third kappa shape index (κ3) is 3.69. The van der Waals surface area contributed by atoms with Gasteiger partial charge in [-0.1, -0.05) is 23.7 Å². The van der Waals surface area contributed by atoms with Gasteiger partial charge in [-0.05, 0) is 42.0 Å². The van der Waals surface area contributed by atoms with Crippen molar-refractivity contribution >= 4 is 29.1 Å². The molecule has 2 rings (SSSR count). The van der Waals surface area contributed by atoms with Crippen LogP contribution in [0.3, 0.4) is 0 Å². The minimum Gasteiger partial charge on any atom is -0.388 e. The zero-order valence-electron chi connectivity index (χ0n) is 9.61. The molecule has 2 aromatic rings. The van der Waals surface area contributed by atoms with Gasteiger partial charge in [-0.3, -0.25) is 0 Å². The van der Waals surface area contributed by atoms with Crippen molar-refractivity contribution in [2.24, 2.45) is 0 Å². The lowest BCUT2D eigenvalue weighted by Crippen LogP contribution is -1.87. The Kier molecular flexibility index (Phi) is 4.35. The molecule has 0 saturated heterocycles. The first-order valence-corrected chi connectivity index (χ1v) is 6.79. The van der Waals surface area contributed by atoms with Gasteiger partial charge in [0.2, 0.25) is 0 Å². The molecule has 0 atom stereocenters. The molecule has 1 nitrogen and oxygen atoms in total. The summed E-state index contributed by atoms with van der Waals surface area (Å²) in [6, 6.07) is 16.4. The van der Waals surface area contributed by atoms with E-state index in [0.29, 0.717) is 0 Å². The Morgan fingerprint density at radius 2 is 1.65 bits per heavy atom. The van der Waals surface area contributed by atoms with E-state index >= 15 is 0 Å². The minimum atomic E-state index is 0.785. The lowest BCUT2D eigenvalue weighted by atomic mass is 10.2. The molecule has 0 aromatic heterocycles. The molecular weight excluding hydrogens is 250 g/mol. The molecule has 3 heteroatoms. The van der Waals surface area contributed by atoms with E-state index < -0.39 is 0 Å². The van der Waals surface area contributed by atoms with Gasteiger partial charge in [0.05, 0.1) is 0 Å². The zero-order valence-corrected chi connectivity index (χ0v) is 11.2. The summed E-state index contributed by atoms with van der Waals surface area (Å²) < 4.78 is 0. The molecule has 17 heavy (non-hydrogen) atoms. The van der Waals surface area contributed by atoms with E-state index in [1.54, 1.807) is 0 Å². The molecule has 0 unspecified atom stereocenters. The molecule has 0 radical (unpaired) electrons. The Morgan fingerprint density at radius 1 is 1.00 bits per heavy atom. The largest absolute Gasteiger partial charge is 0.388 e. The maximum Gasteiger partial charge on any atom is 0.0406 e. The van der Waals surface area contributed by atoms with Gasteiger partial charge < -0.3 is 5.32 Å². The van der Waals surface area contributed by atoms with Crippen LogP contribution < -0.4 is 5.32 Å². The molecule has 0 spiro atoms. The topological polar surface area (TPSA) is 12.0 Å². The van der Waals surface area contributed by atoms with Gasteiger partial charge in [-0.2, -0.15) is 0 Å². The van der Waals surface area contributed by atoms with E-state index in [1.807, 2.05) is 30.9 Å². The highest BCUT2D eigenvalue weighted by molar-refractivity contribution is 7.98. The van der Waals surface area contributed by atoms with Crippen LogP contribution in [0, 0.1) is 0 Å². The van der Waals surface area contributed by atoms with E-state index in [2.05, 4.69) is 41.7 Å². The van der Waals surface area contributed by atoms with Crippen molar-refractivity contribution in [3.63, 3.8) is 0 Å². The van der Waals surface area contributed by atoms with Gasteiger partial charge in [0.25, 0.3) is 0 Å². The van der Waals surface area contributed by atoms with Crippen LogP contribution in [0.15, 0.2) is 53.4 Å². The maximum absolute atomic E-state index is 5.85. The van der Waals surface area contributed by atoms with Crippen molar-refractivity contribution in [1.82, 2.24) is 0 Å². The smallest absolute Gasteiger partial charge is 0.0406 e. The Labute approximate surface area is 111 Å². The van der Waals surface area contributed by atoms with Crippen LogP contribution in [0.25, 0.3) is 0 Å². The number of rotatable bonds is 4. The lowest BCUT2D eigenvalue weighted by Gasteiger charge is -2.04. The normalized spacial score (nSPS) is 10.2. The maximum atomic E-state index is 5.85. The average Bonchev–Trinajstić information content (AvgIpc) is 2.39. The first-order valence-electron chi connectivity index (χ1n) is 5.43. The summed E-state index contributed by atoms with van der Waals surface area (Å²) in [6.45, 7) is 0. The first-order chi connectivity index (χ1) is 8.28. The number of hydrogen-bond donors (Lipinski definition) is 1. The van der Waals surface area contributed by atoms with Crippen molar-refractivity contribution in [2.75, 3.05) is 12.4 Å². The molecule has 0 fully saturated rings. The van der Waals surface area contributed by atoms with Crippen LogP contribution in [-0.2, 0) is 5.75 Å². The number of nitrogens with one attached hydrogen (secondary N) is 1. The Hall–Kier alpha value is -1.12.